The average Bonchev–Trinajstić information content (AvgIpc) is 3.52. The number of aromatic nitrogens is 6. The van der Waals surface area contributed by atoms with Crippen molar-refractivity contribution in [3.63, 3.8) is 0 Å². The fraction of sp³-hybridized carbons (Fsp3) is 0.476. The van der Waals surface area contributed by atoms with Crippen molar-refractivity contribution in [2.45, 2.75) is 39.5 Å². The molecule has 1 aliphatic heterocycles. The molecule has 1 saturated heterocycles. The van der Waals surface area contributed by atoms with Crippen molar-refractivity contribution >= 4 is 11.6 Å². The van der Waals surface area contributed by atoms with E-state index in [4.69, 9.17) is 4.98 Å². The third kappa shape index (κ3) is 3.66. The molecule has 0 spiro atoms. The average molecular weight is 390 g/mol. The van der Waals surface area contributed by atoms with Gasteiger partial charge >= 0.3 is 0 Å². The van der Waals surface area contributed by atoms with E-state index in [1.54, 1.807) is 6.33 Å². The van der Waals surface area contributed by atoms with Crippen molar-refractivity contribution in [1.82, 2.24) is 29.7 Å². The number of hydrogen-bond acceptors (Lipinski definition) is 7. The molecule has 0 aromatic carbocycles. The summed E-state index contributed by atoms with van der Waals surface area (Å²) in [6.45, 7) is 9.62. The van der Waals surface area contributed by atoms with E-state index in [1.165, 1.54) is 18.5 Å². The van der Waals surface area contributed by atoms with E-state index >= 15 is 0 Å². The Bertz CT molecular complexity index is 1030. The highest BCUT2D eigenvalue weighted by molar-refractivity contribution is 5.48. The molecule has 1 saturated carbocycles. The van der Waals surface area contributed by atoms with Crippen molar-refractivity contribution in [2.75, 3.05) is 36.0 Å². The van der Waals surface area contributed by atoms with E-state index < -0.39 is 0 Å². The molecular weight excluding hydrogens is 364 g/mol. The van der Waals surface area contributed by atoms with Crippen LogP contribution in [0.4, 0.5) is 11.6 Å². The summed E-state index contributed by atoms with van der Waals surface area (Å²) in [7, 11) is 0. The molecule has 150 valence electrons. The summed E-state index contributed by atoms with van der Waals surface area (Å²) < 4.78 is 1.89. The Hall–Kier alpha value is -3.03. The van der Waals surface area contributed by atoms with Gasteiger partial charge in [-0.05, 0) is 39.7 Å². The maximum Gasteiger partial charge on any atom is 0.159 e. The zero-order valence-electron chi connectivity index (χ0n) is 17.2. The molecule has 5 rings (SSSR count). The molecule has 3 aromatic rings. The minimum absolute atomic E-state index is 0.648. The minimum Gasteiger partial charge on any atom is -0.353 e. The number of rotatable bonds is 4. The summed E-state index contributed by atoms with van der Waals surface area (Å²) in [6.07, 6.45) is 4.23. The van der Waals surface area contributed by atoms with Crippen LogP contribution in [0.25, 0.3) is 5.82 Å². The zero-order valence-corrected chi connectivity index (χ0v) is 17.2. The van der Waals surface area contributed by atoms with Crippen LogP contribution in [-0.4, -0.2) is 55.9 Å². The first-order chi connectivity index (χ1) is 14.1. The molecular formula is C21H26N8. The van der Waals surface area contributed by atoms with Gasteiger partial charge in [-0.1, -0.05) is 0 Å². The van der Waals surface area contributed by atoms with Crippen LogP contribution in [0.5, 0.6) is 0 Å². The van der Waals surface area contributed by atoms with E-state index in [2.05, 4.69) is 42.0 Å². The van der Waals surface area contributed by atoms with E-state index in [-0.39, 0.29) is 0 Å². The van der Waals surface area contributed by atoms with Crippen LogP contribution in [0.15, 0.2) is 24.5 Å². The smallest absolute Gasteiger partial charge is 0.159 e. The lowest BCUT2D eigenvalue weighted by Crippen LogP contribution is -2.47. The molecule has 8 nitrogen and oxygen atoms in total. The summed E-state index contributed by atoms with van der Waals surface area (Å²) in [5.74, 6) is 4.24. The number of aryl methyl sites for hydroxylation is 3. The quantitative estimate of drug-likeness (QED) is 0.678. The van der Waals surface area contributed by atoms with Crippen LogP contribution in [-0.2, 0) is 0 Å². The lowest BCUT2D eigenvalue weighted by Gasteiger charge is -2.36. The van der Waals surface area contributed by atoms with Crippen molar-refractivity contribution in [3.8, 4) is 5.82 Å². The molecule has 1 aliphatic carbocycles. The van der Waals surface area contributed by atoms with E-state index in [0.717, 1.165) is 60.8 Å². The first kappa shape index (κ1) is 18.0. The van der Waals surface area contributed by atoms with Crippen LogP contribution in [0.2, 0.25) is 0 Å². The van der Waals surface area contributed by atoms with Crippen LogP contribution in [0.3, 0.4) is 0 Å². The van der Waals surface area contributed by atoms with Crippen LogP contribution < -0.4 is 9.80 Å². The SMILES string of the molecule is Cc1cc(C)n(-c2cc(N3CCN(c4cc(C5CC5)ncn4)CC3)nc(C)n2)n1. The minimum atomic E-state index is 0.648. The Labute approximate surface area is 170 Å². The predicted molar refractivity (Wildman–Crippen MR) is 112 cm³/mol. The topological polar surface area (TPSA) is 75.9 Å². The molecule has 0 N–H and O–H groups in total. The maximum atomic E-state index is 4.69. The summed E-state index contributed by atoms with van der Waals surface area (Å²) in [6, 6.07) is 6.27. The molecule has 8 heteroatoms. The van der Waals surface area contributed by atoms with E-state index in [0.29, 0.717) is 5.92 Å². The molecule has 3 aromatic heterocycles. The summed E-state index contributed by atoms with van der Waals surface area (Å²) >= 11 is 0. The number of anilines is 2. The highest BCUT2D eigenvalue weighted by Gasteiger charge is 2.27. The standard InChI is InChI=1S/C21H26N8/c1-14-10-15(2)29(26-14)21-12-20(24-16(3)25-21)28-8-6-27(7-9-28)19-11-18(17-4-5-17)22-13-23-19/h10-13,17H,4-9H2,1-3H3. The molecule has 2 fully saturated rings. The normalized spacial score (nSPS) is 17.1. The Morgan fingerprint density at radius 2 is 1.48 bits per heavy atom. The van der Waals surface area contributed by atoms with Gasteiger partial charge in [0.2, 0.25) is 0 Å². The Kier molecular flexibility index (Phi) is 4.41. The molecule has 2 aliphatic rings. The zero-order chi connectivity index (χ0) is 20.0. The molecule has 0 amide bonds. The van der Waals surface area contributed by atoms with Gasteiger partial charge in [0.1, 0.15) is 23.8 Å². The largest absolute Gasteiger partial charge is 0.353 e. The van der Waals surface area contributed by atoms with Gasteiger partial charge in [-0.15, -0.1) is 0 Å². The summed E-state index contributed by atoms with van der Waals surface area (Å²) in [4.78, 5) is 22.9. The molecule has 0 unspecified atom stereocenters. The maximum absolute atomic E-state index is 4.69. The molecule has 0 atom stereocenters. The van der Waals surface area contributed by atoms with Gasteiger partial charge in [0.05, 0.1) is 5.69 Å². The van der Waals surface area contributed by atoms with Crippen LogP contribution in [0.1, 0.15) is 41.7 Å². The van der Waals surface area contributed by atoms with Gasteiger partial charge in [0.15, 0.2) is 5.82 Å². The van der Waals surface area contributed by atoms with Gasteiger partial charge in [0, 0.05) is 55.6 Å². The Balaban J connectivity index is 1.33. The lowest BCUT2D eigenvalue weighted by atomic mass is 10.2. The van der Waals surface area contributed by atoms with Crippen LogP contribution >= 0.6 is 0 Å². The number of piperazine rings is 1. The van der Waals surface area contributed by atoms with Crippen molar-refractivity contribution in [1.29, 1.82) is 0 Å². The lowest BCUT2D eigenvalue weighted by molar-refractivity contribution is 0.637. The summed E-state index contributed by atoms with van der Waals surface area (Å²) in [5, 5.41) is 4.57. The van der Waals surface area contributed by atoms with Gasteiger partial charge < -0.3 is 9.80 Å². The highest BCUT2D eigenvalue weighted by Crippen LogP contribution is 2.39. The third-order valence-electron chi connectivity index (χ3n) is 5.63. The second-order valence-electron chi connectivity index (χ2n) is 8.02. The number of nitrogens with zero attached hydrogens (tertiary/aromatic N) is 8. The monoisotopic (exact) mass is 390 g/mol. The molecule has 4 heterocycles. The molecule has 0 bridgehead atoms. The van der Waals surface area contributed by atoms with Gasteiger partial charge in [0.25, 0.3) is 0 Å². The van der Waals surface area contributed by atoms with E-state index in [9.17, 15) is 0 Å². The second-order valence-corrected chi connectivity index (χ2v) is 8.02. The van der Waals surface area contributed by atoms with E-state index in [1.807, 2.05) is 31.5 Å². The molecule has 29 heavy (non-hydrogen) atoms. The first-order valence-electron chi connectivity index (χ1n) is 10.3. The molecule has 0 radical (unpaired) electrons. The van der Waals surface area contributed by atoms with Gasteiger partial charge in [-0.25, -0.2) is 24.6 Å². The van der Waals surface area contributed by atoms with Crippen molar-refractivity contribution in [2.24, 2.45) is 0 Å². The van der Waals surface area contributed by atoms with Crippen molar-refractivity contribution in [3.05, 3.63) is 47.4 Å². The van der Waals surface area contributed by atoms with Gasteiger partial charge in [-0.3, -0.25) is 0 Å². The number of hydrogen-bond donors (Lipinski definition) is 0. The fourth-order valence-corrected chi connectivity index (χ4v) is 3.97. The van der Waals surface area contributed by atoms with Crippen LogP contribution in [0, 0.1) is 20.8 Å². The summed E-state index contributed by atoms with van der Waals surface area (Å²) in [5.41, 5.74) is 3.26. The fourth-order valence-electron chi connectivity index (χ4n) is 3.97. The predicted octanol–water partition coefficient (Wildman–Crippen LogP) is 2.58. The second kappa shape index (κ2) is 7.09. The first-order valence-corrected chi connectivity index (χ1v) is 10.3. The highest BCUT2D eigenvalue weighted by atomic mass is 15.3. The Morgan fingerprint density at radius 1 is 0.793 bits per heavy atom. The van der Waals surface area contributed by atoms with Crippen molar-refractivity contribution < 1.29 is 0 Å². The van der Waals surface area contributed by atoms with Gasteiger partial charge in [-0.2, -0.15) is 5.10 Å². The Morgan fingerprint density at radius 3 is 2.14 bits per heavy atom. The third-order valence-corrected chi connectivity index (χ3v) is 5.63.